The first-order valence-electron chi connectivity index (χ1n) is 2.40. The Hall–Kier alpha value is -0.0000000000000000555. The number of hydrogen-bond donors (Lipinski definition) is 0. The molecule has 0 unspecified atom stereocenters. The fraction of sp³-hybridized carbons (Fsp3) is 0.750. The van der Waals surface area contributed by atoms with Crippen molar-refractivity contribution in [3.05, 3.63) is 0 Å². The summed E-state index contributed by atoms with van der Waals surface area (Å²) in [5.41, 5.74) is 0. The molecule has 8 heavy (non-hydrogen) atoms. The molecule has 0 aromatic rings. The van der Waals surface area contributed by atoms with Crippen molar-refractivity contribution < 1.29 is 4.74 Å². The molecule has 1 aliphatic rings. The Labute approximate surface area is 62.2 Å². The zero-order chi connectivity index (χ0) is 5.98. The van der Waals surface area contributed by atoms with Crippen LogP contribution in [0.3, 0.4) is 0 Å². The quantitative estimate of drug-likeness (QED) is 0.454. The van der Waals surface area contributed by atoms with Crippen molar-refractivity contribution in [2.24, 2.45) is 5.10 Å². The summed E-state index contributed by atoms with van der Waals surface area (Å²) in [7, 11) is 0. The molecule has 0 aromatic carbocycles. The van der Waals surface area contributed by atoms with Gasteiger partial charge in [0.15, 0.2) is 0 Å². The van der Waals surface area contributed by atoms with E-state index in [0.717, 1.165) is 19.0 Å². The van der Waals surface area contributed by atoms with Crippen LogP contribution in [0.2, 0.25) is 0 Å². The average Bonchev–Trinajstić information content (AvgIpc) is 1.64. The summed E-state index contributed by atoms with van der Waals surface area (Å²) in [6.07, 6.45) is 0. The van der Waals surface area contributed by atoms with E-state index in [2.05, 4.69) is 28.0 Å². The van der Waals surface area contributed by atoms with Crippen molar-refractivity contribution in [1.82, 2.24) is 3.22 Å². The lowest BCUT2D eigenvalue weighted by molar-refractivity contribution is 0.243. The third-order valence-electron chi connectivity index (χ3n) is 0.836. The maximum atomic E-state index is 5.05. The van der Waals surface area contributed by atoms with Gasteiger partial charge in [0, 0.05) is 6.92 Å². The fourth-order valence-corrected chi connectivity index (χ4v) is 1.00. The molecule has 1 heterocycles. The molecule has 1 aliphatic heterocycles. The van der Waals surface area contributed by atoms with Crippen molar-refractivity contribution in [2.75, 3.05) is 13.2 Å². The summed E-state index contributed by atoms with van der Waals surface area (Å²) >= 11 is 2.14. The summed E-state index contributed by atoms with van der Waals surface area (Å²) in [5.74, 6) is 0.755. The molecule has 0 radical (unpaired) electrons. The molecule has 1 rings (SSSR count). The monoisotopic (exact) mass is 226 g/mol. The van der Waals surface area contributed by atoms with E-state index in [1.165, 1.54) is 0 Å². The van der Waals surface area contributed by atoms with Gasteiger partial charge in [-0.15, -0.1) is 5.10 Å². The highest BCUT2D eigenvalue weighted by Crippen LogP contribution is 2.04. The van der Waals surface area contributed by atoms with E-state index in [-0.39, 0.29) is 0 Å². The minimum absolute atomic E-state index is 0.755. The lowest BCUT2D eigenvalue weighted by atomic mass is 10.6. The largest absolute Gasteiger partial charge is 0.478 e. The Kier molecular flexibility index (Phi) is 1.93. The van der Waals surface area contributed by atoms with Crippen LogP contribution in [0.15, 0.2) is 5.10 Å². The van der Waals surface area contributed by atoms with Crippen LogP contribution < -0.4 is 0 Å². The Bertz CT molecular complexity index is 115. The fourth-order valence-electron chi connectivity index (χ4n) is 0.500. The zero-order valence-corrected chi connectivity index (χ0v) is 6.75. The van der Waals surface area contributed by atoms with Crippen LogP contribution in [0.25, 0.3) is 0 Å². The van der Waals surface area contributed by atoms with Gasteiger partial charge < -0.3 is 4.74 Å². The van der Waals surface area contributed by atoms with Gasteiger partial charge in [-0.2, -0.15) is 0 Å². The summed E-state index contributed by atoms with van der Waals surface area (Å²) in [6.45, 7) is 3.50. The van der Waals surface area contributed by atoms with Gasteiger partial charge in [0.2, 0.25) is 5.90 Å². The molecule has 0 aliphatic carbocycles. The van der Waals surface area contributed by atoms with Gasteiger partial charge in [-0.25, -0.2) is 3.22 Å². The van der Waals surface area contributed by atoms with Crippen LogP contribution in [0.1, 0.15) is 6.92 Å². The summed E-state index contributed by atoms with van der Waals surface area (Å²) in [4.78, 5) is 0. The number of nitrogens with zero attached hydrogens (tertiary/aromatic N) is 2. The van der Waals surface area contributed by atoms with Gasteiger partial charge in [0.1, 0.15) is 6.61 Å². The molecule has 3 nitrogen and oxygen atoms in total. The minimum Gasteiger partial charge on any atom is -0.478 e. The van der Waals surface area contributed by atoms with Crippen LogP contribution in [0, 0.1) is 0 Å². The van der Waals surface area contributed by atoms with Gasteiger partial charge in [0.25, 0.3) is 0 Å². The third-order valence-corrected chi connectivity index (χ3v) is 1.53. The minimum atomic E-state index is 0.755. The average molecular weight is 226 g/mol. The highest BCUT2D eigenvalue weighted by molar-refractivity contribution is 14.1. The molecular weight excluding hydrogens is 219 g/mol. The number of hydrogen-bond acceptors (Lipinski definition) is 3. The van der Waals surface area contributed by atoms with E-state index < -0.39 is 0 Å². The molecule has 46 valence electrons. The second-order valence-electron chi connectivity index (χ2n) is 1.53. The Balaban J connectivity index is 2.50. The van der Waals surface area contributed by atoms with Crippen LogP contribution >= 0.6 is 22.9 Å². The molecule has 0 saturated carbocycles. The van der Waals surface area contributed by atoms with Crippen molar-refractivity contribution in [3.8, 4) is 0 Å². The zero-order valence-electron chi connectivity index (χ0n) is 4.59. The summed E-state index contributed by atoms with van der Waals surface area (Å²) in [5, 5.41) is 4.00. The molecule has 0 fully saturated rings. The second-order valence-corrected chi connectivity index (χ2v) is 2.64. The molecule has 0 amide bonds. The molecule has 0 atom stereocenters. The highest BCUT2D eigenvalue weighted by atomic mass is 127. The van der Waals surface area contributed by atoms with Gasteiger partial charge >= 0.3 is 0 Å². The predicted octanol–water partition coefficient (Wildman–Crippen LogP) is 1.00. The Morgan fingerprint density at radius 2 is 2.62 bits per heavy atom. The molecule has 0 N–H and O–H groups in total. The normalized spacial score (nSPS) is 19.8. The van der Waals surface area contributed by atoms with Gasteiger partial charge in [0.05, 0.1) is 29.4 Å². The van der Waals surface area contributed by atoms with Gasteiger partial charge in [-0.05, 0) is 0 Å². The van der Waals surface area contributed by atoms with Crippen LogP contribution in [0.5, 0.6) is 0 Å². The van der Waals surface area contributed by atoms with E-state index in [9.17, 15) is 0 Å². The Morgan fingerprint density at radius 3 is 3.00 bits per heavy atom. The van der Waals surface area contributed by atoms with E-state index in [1.54, 1.807) is 0 Å². The first-order valence-corrected chi connectivity index (χ1v) is 3.37. The van der Waals surface area contributed by atoms with E-state index >= 15 is 0 Å². The first-order chi connectivity index (χ1) is 3.79. The lowest BCUT2D eigenvalue weighted by Crippen LogP contribution is -2.21. The summed E-state index contributed by atoms with van der Waals surface area (Å²) < 4.78 is 6.90. The highest BCUT2D eigenvalue weighted by Gasteiger charge is 2.04. The smallest absolute Gasteiger partial charge is 0.203 e. The first kappa shape index (κ1) is 6.12. The molecule has 0 bridgehead atoms. The van der Waals surface area contributed by atoms with Crippen LogP contribution in [0.4, 0.5) is 0 Å². The lowest BCUT2D eigenvalue weighted by Gasteiger charge is -2.17. The van der Waals surface area contributed by atoms with E-state index in [1.807, 2.05) is 10.1 Å². The van der Waals surface area contributed by atoms with Crippen molar-refractivity contribution in [3.63, 3.8) is 0 Å². The SMILES string of the molecule is CC1=NN(I)CCO1. The van der Waals surface area contributed by atoms with Gasteiger partial charge in [-0.1, -0.05) is 0 Å². The van der Waals surface area contributed by atoms with E-state index in [0.29, 0.717) is 0 Å². The topological polar surface area (TPSA) is 24.8 Å². The maximum Gasteiger partial charge on any atom is 0.203 e. The molecule has 0 aromatic heterocycles. The number of ether oxygens (including phenoxy) is 1. The number of hydrazone groups is 1. The number of rotatable bonds is 0. The van der Waals surface area contributed by atoms with Crippen molar-refractivity contribution in [2.45, 2.75) is 6.92 Å². The van der Waals surface area contributed by atoms with Crippen LogP contribution in [-0.2, 0) is 4.74 Å². The molecular formula is C4H7IN2O. The second kappa shape index (κ2) is 2.52. The molecule has 4 heteroatoms. The van der Waals surface area contributed by atoms with Crippen molar-refractivity contribution >= 4 is 28.8 Å². The third kappa shape index (κ3) is 1.50. The van der Waals surface area contributed by atoms with E-state index in [4.69, 9.17) is 4.74 Å². The summed E-state index contributed by atoms with van der Waals surface area (Å²) in [6, 6.07) is 0. The Morgan fingerprint density at radius 1 is 1.88 bits per heavy atom. The van der Waals surface area contributed by atoms with Crippen LogP contribution in [-0.4, -0.2) is 22.3 Å². The molecule has 0 saturated heterocycles. The number of halogens is 1. The van der Waals surface area contributed by atoms with Gasteiger partial charge in [-0.3, -0.25) is 0 Å². The van der Waals surface area contributed by atoms with Crippen molar-refractivity contribution in [1.29, 1.82) is 0 Å². The molecule has 0 spiro atoms. The standard InChI is InChI=1S/C4H7IN2O/c1-4-6-7(5)2-3-8-4/h2-3H2,1H3. The maximum absolute atomic E-state index is 5.05. The predicted molar refractivity (Wildman–Crippen MR) is 39.8 cm³/mol.